The quantitative estimate of drug-likeness (QED) is 0.501. The molecular weight excluding hydrogens is 476 g/mol. The zero-order chi connectivity index (χ0) is 26.6. The van der Waals surface area contributed by atoms with Crippen molar-refractivity contribution in [1.29, 1.82) is 0 Å². The van der Waals surface area contributed by atoms with Gasteiger partial charge in [-0.05, 0) is 29.4 Å². The van der Waals surface area contributed by atoms with Gasteiger partial charge in [-0.25, -0.2) is 4.98 Å². The fraction of sp³-hybridized carbons (Fsp3) is 0.556. The lowest BCUT2D eigenvalue weighted by Crippen LogP contribution is -2.57. The molecule has 1 aliphatic heterocycles. The average Bonchev–Trinajstić information content (AvgIpc) is 3.40. The monoisotopic (exact) mass is 514 g/mol. The highest BCUT2D eigenvalue weighted by Crippen LogP contribution is 2.28. The number of nitrogens with zero attached hydrogens (tertiary/aromatic N) is 2. The van der Waals surface area contributed by atoms with Gasteiger partial charge < -0.3 is 20.6 Å². The number of carbonyl (C=O) groups excluding carboxylic acids is 3. The van der Waals surface area contributed by atoms with Crippen LogP contribution in [0.1, 0.15) is 58.7 Å². The van der Waals surface area contributed by atoms with Gasteiger partial charge in [0.25, 0.3) is 0 Å². The predicted molar refractivity (Wildman–Crippen MR) is 141 cm³/mol. The van der Waals surface area contributed by atoms with E-state index in [9.17, 15) is 19.5 Å². The van der Waals surface area contributed by atoms with Crippen molar-refractivity contribution >= 4 is 29.1 Å². The Hall–Kier alpha value is -2.78. The fourth-order valence-electron chi connectivity index (χ4n) is 4.37. The molecule has 1 fully saturated rings. The summed E-state index contributed by atoms with van der Waals surface area (Å²) >= 11 is 1.59. The summed E-state index contributed by atoms with van der Waals surface area (Å²) in [5.74, 6) is -0.701. The van der Waals surface area contributed by atoms with Crippen LogP contribution in [0.4, 0.5) is 0 Å². The molecule has 0 radical (unpaired) electrons. The lowest BCUT2D eigenvalue weighted by atomic mass is 9.85. The average molecular weight is 515 g/mol. The Morgan fingerprint density at radius 1 is 1.19 bits per heavy atom. The molecule has 1 aromatic carbocycles. The zero-order valence-corrected chi connectivity index (χ0v) is 22.8. The fourth-order valence-corrected chi connectivity index (χ4v) is 5.18. The van der Waals surface area contributed by atoms with Gasteiger partial charge in [-0.3, -0.25) is 14.4 Å². The van der Waals surface area contributed by atoms with Crippen LogP contribution >= 0.6 is 11.3 Å². The number of aromatic nitrogens is 1. The molecule has 8 nitrogen and oxygen atoms in total. The largest absolute Gasteiger partial charge is 0.391 e. The van der Waals surface area contributed by atoms with Gasteiger partial charge in [0.15, 0.2) is 0 Å². The van der Waals surface area contributed by atoms with E-state index in [1.165, 1.54) is 4.90 Å². The first-order valence-corrected chi connectivity index (χ1v) is 13.3. The normalized spacial score (nSPS) is 18.8. The number of aliphatic hydroxyl groups excluding tert-OH is 1. The second-order valence-electron chi connectivity index (χ2n) is 11.0. The first-order valence-electron chi connectivity index (χ1n) is 12.4. The van der Waals surface area contributed by atoms with Crippen LogP contribution in [0.3, 0.4) is 0 Å². The number of likely N-dealkylation sites (tertiary alicyclic amines) is 1. The third-order valence-electron chi connectivity index (χ3n) is 6.31. The molecule has 36 heavy (non-hydrogen) atoms. The Bertz CT molecular complexity index is 1070. The third-order valence-corrected chi connectivity index (χ3v) is 7.28. The number of amides is 3. The number of benzene rings is 1. The van der Waals surface area contributed by atoms with Gasteiger partial charge in [0.2, 0.25) is 17.7 Å². The van der Waals surface area contributed by atoms with E-state index in [2.05, 4.69) is 15.6 Å². The van der Waals surface area contributed by atoms with Gasteiger partial charge >= 0.3 is 0 Å². The molecule has 0 saturated carbocycles. The molecule has 3 amide bonds. The first-order chi connectivity index (χ1) is 16.9. The summed E-state index contributed by atoms with van der Waals surface area (Å²) in [6.45, 7) is 11.9. The van der Waals surface area contributed by atoms with E-state index in [0.29, 0.717) is 13.0 Å². The number of hydrogen-bond donors (Lipinski definition) is 3. The van der Waals surface area contributed by atoms with Crippen molar-refractivity contribution in [3.8, 4) is 10.4 Å². The minimum Gasteiger partial charge on any atom is -0.391 e. The zero-order valence-electron chi connectivity index (χ0n) is 22.0. The van der Waals surface area contributed by atoms with E-state index >= 15 is 0 Å². The number of rotatable bonds is 8. The van der Waals surface area contributed by atoms with Gasteiger partial charge in [-0.2, -0.15) is 0 Å². The molecule has 1 aromatic heterocycles. The van der Waals surface area contributed by atoms with E-state index in [1.54, 1.807) is 11.3 Å². The molecule has 3 N–H and O–H groups in total. The van der Waals surface area contributed by atoms with Crippen molar-refractivity contribution in [2.24, 2.45) is 11.3 Å². The third kappa shape index (κ3) is 6.91. The van der Waals surface area contributed by atoms with Crippen molar-refractivity contribution in [2.45, 2.75) is 79.1 Å². The molecule has 1 saturated heterocycles. The summed E-state index contributed by atoms with van der Waals surface area (Å²) in [4.78, 5) is 45.9. The van der Waals surface area contributed by atoms with Gasteiger partial charge in [-0.15, -0.1) is 11.3 Å². The standard InChI is InChI=1S/C27H38N4O4S/c1-16(2)11-22(33)30-24(27(4,5)6)26(35)31-14-20(32)12-21(31)25(34)28-13-18-7-9-19(10-8-18)23-17(3)29-15-36-23/h7-10,15-16,20-21,24,32H,11-14H2,1-6H3,(H,28,34)(H,30,33)/t20-,21+,24-/m1/s1. The molecule has 0 bridgehead atoms. The highest BCUT2D eigenvalue weighted by atomic mass is 32.1. The van der Waals surface area contributed by atoms with Crippen LogP contribution in [-0.2, 0) is 20.9 Å². The molecule has 0 aliphatic carbocycles. The second-order valence-corrected chi connectivity index (χ2v) is 11.9. The Morgan fingerprint density at radius 3 is 2.42 bits per heavy atom. The second kappa shape index (κ2) is 11.5. The Morgan fingerprint density at radius 2 is 1.86 bits per heavy atom. The molecular formula is C27H38N4O4S. The molecule has 0 spiro atoms. The van der Waals surface area contributed by atoms with Crippen LogP contribution in [0.25, 0.3) is 10.4 Å². The number of thiazole rings is 1. The van der Waals surface area contributed by atoms with Gasteiger partial charge in [0.05, 0.1) is 22.2 Å². The first kappa shape index (κ1) is 27.8. The Kier molecular flexibility index (Phi) is 8.89. The molecule has 3 atom stereocenters. The van der Waals surface area contributed by atoms with Crippen molar-refractivity contribution in [1.82, 2.24) is 20.5 Å². The number of nitrogens with one attached hydrogen (secondary N) is 2. The van der Waals surface area contributed by atoms with Crippen molar-refractivity contribution in [3.63, 3.8) is 0 Å². The summed E-state index contributed by atoms with van der Waals surface area (Å²) in [5.41, 5.74) is 4.26. The van der Waals surface area contributed by atoms with Crippen LogP contribution in [0, 0.1) is 18.3 Å². The van der Waals surface area contributed by atoms with Gasteiger partial charge in [0, 0.05) is 25.9 Å². The van der Waals surface area contributed by atoms with E-state index in [4.69, 9.17) is 0 Å². The van der Waals surface area contributed by atoms with Crippen molar-refractivity contribution < 1.29 is 19.5 Å². The Labute approximate surface area is 217 Å². The highest BCUT2D eigenvalue weighted by molar-refractivity contribution is 7.13. The predicted octanol–water partition coefficient (Wildman–Crippen LogP) is 3.27. The van der Waals surface area contributed by atoms with Gasteiger partial charge in [0.1, 0.15) is 12.1 Å². The maximum Gasteiger partial charge on any atom is 0.246 e. The van der Waals surface area contributed by atoms with Crippen LogP contribution < -0.4 is 10.6 Å². The van der Waals surface area contributed by atoms with Crippen LogP contribution in [0.2, 0.25) is 0 Å². The number of β-amino-alcohol motifs (C(OH)–C–C–N with tert-alkyl or cyclic N) is 1. The van der Waals surface area contributed by atoms with Crippen LogP contribution in [0.15, 0.2) is 29.8 Å². The summed E-state index contributed by atoms with van der Waals surface area (Å²) in [5, 5.41) is 16.1. The smallest absolute Gasteiger partial charge is 0.246 e. The minimum atomic E-state index is -0.799. The minimum absolute atomic E-state index is 0.0620. The topological polar surface area (TPSA) is 112 Å². The number of aryl methyl sites for hydroxylation is 1. The lowest BCUT2D eigenvalue weighted by molar-refractivity contribution is -0.144. The summed E-state index contributed by atoms with van der Waals surface area (Å²) in [6.07, 6.45) is -0.315. The van der Waals surface area contributed by atoms with Crippen LogP contribution in [0.5, 0.6) is 0 Å². The molecule has 2 aromatic rings. The van der Waals surface area contributed by atoms with Crippen molar-refractivity contribution in [3.05, 3.63) is 41.0 Å². The summed E-state index contributed by atoms with van der Waals surface area (Å²) in [6, 6.07) is 6.34. The SMILES string of the molecule is Cc1ncsc1-c1ccc(CNC(=O)[C@@H]2C[C@@H](O)CN2C(=O)[C@@H](NC(=O)CC(C)C)C(C)(C)C)cc1. The maximum atomic E-state index is 13.5. The van der Waals surface area contributed by atoms with Crippen LogP contribution in [-0.4, -0.2) is 57.4 Å². The molecule has 2 heterocycles. The summed E-state index contributed by atoms with van der Waals surface area (Å²) < 4.78 is 0. The molecule has 0 unspecified atom stereocenters. The lowest BCUT2D eigenvalue weighted by Gasteiger charge is -2.35. The maximum absolute atomic E-state index is 13.5. The molecule has 3 rings (SSSR count). The number of aliphatic hydroxyl groups is 1. The Balaban J connectivity index is 1.67. The van der Waals surface area contributed by atoms with E-state index in [-0.39, 0.29) is 36.6 Å². The van der Waals surface area contributed by atoms with E-state index in [0.717, 1.165) is 21.7 Å². The molecule has 1 aliphatic rings. The van der Waals surface area contributed by atoms with E-state index < -0.39 is 23.6 Å². The number of hydrogen-bond acceptors (Lipinski definition) is 6. The molecule has 9 heteroatoms. The van der Waals surface area contributed by atoms with Gasteiger partial charge in [-0.1, -0.05) is 58.9 Å². The van der Waals surface area contributed by atoms with Crippen molar-refractivity contribution in [2.75, 3.05) is 6.54 Å². The highest BCUT2D eigenvalue weighted by Gasteiger charge is 2.44. The molecule has 196 valence electrons. The number of carbonyl (C=O) groups is 3. The van der Waals surface area contributed by atoms with E-state index in [1.807, 2.05) is 71.3 Å². The summed E-state index contributed by atoms with van der Waals surface area (Å²) in [7, 11) is 0.